The van der Waals surface area contributed by atoms with Crippen molar-refractivity contribution >= 4 is 27.5 Å². The Bertz CT molecular complexity index is 1340. The van der Waals surface area contributed by atoms with E-state index in [-0.39, 0.29) is 17.9 Å². The Labute approximate surface area is 208 Å². The maximum Gasteiger partial charge on any atom is 0.252 e. The molecule has 0 N–H and O–H groups in total. The van der Waals surface area contributed by atoms with Crippen molar-refractivity contribution in [2.24, 2.45) is 0 Å². The smallest absolute Gasteiger partial charge is 0.252 e. The number of sulfonamides is 1. The Balaban J connectivity index is 1.70. The lowest BCUT2D eigenvalue weighted by molar-refractivity contribution is -0.122. The molecule has 1 atom stereocenters. The summed E-state index contributed by atoms with van der Waals surface area (Å²) in [5, 5.41) is 0. The van der Waals surface area contributed by atoms with Gasteiger partial charge in [-0.1, -0.05) is 12.1 Å². The van der Waals surface area contributed by atoms with Gasteiger partial charge in [-0.2, -0.15) is 4.31 Å². The van der Waals surface area contributed by atoms with E-state index in [9.17, 15) is 22.4 Å². The van der Waals surface area contributed by atoms with Gasteiger partial charge in [0.05, 0.1) is 30.7 Å². The number of amides is 2. The number of imide groups is 1. The van der Waals surface area contributed by atoms with Crippen LogP contribution in [0.3, 0.4) is 0 Å². The second-order valence-electron chi connectivity index (χ2n) is 8.07. The van der Waals surface area contributed by atoms with Crippen molar-refractivity contribution in [3.05, 3.63) is 84.2 Å². The van der Waals surface area contributed by atoms with Crippen LogP contribution in [0.2, 0.25) is 0 Å². The van der Waals surface area contributed by atoms with Gasteiger partial charge in [0.2, 0.25) is 15.9 Å². The molecular weight excluding hydrogens is 487 g/mol. The van der Waals surface area contributed by atoms with E-state index in [4.69, 9.17) is 9.47 Å². The molecule has 0 radical (unpaired) electrons. The van der Waals surface area contributed by atoms with Crippen molar-refractivity contribution in [1.29, 1.82) is 0 Å². The fourth-order valence-corrected chi connectivity index (χ4v) is 5.56. The lowest BCUT2D eigenvalue weighted by Crippen LogP contribution is -2.45. The number of methoxy groups -OCH3 is 1. The summed E-state index contributed by atoms with van der Waals surface area (Å²) in [7, 11) is -2.77. The summed E-state index contributed by atoms with van der Waals surface area (Å²) in [6.45, 7) is 2.07. The topological polar surface area (TPSA) is 93.2 Å². The Hall–Kier alpha value is -3.76. The minimum atomic E-state index is -4.23. The lowest BCUT2D eigenvalue weighted by atomic mass is 10.2. The highest BCUT2D eigenvalue weighted by Gasteiger charge is 2.47. The van der Waals surface area contributed by atoms with Gasteiger partial charge in [0.25, 0.3) is 5.91 Å². The molecule has 3 aromatic carbocycles. The predicted molar refractivity (Wildman–Crippen MR) is 131 cm³/mol. The molecule has 1 aliphatic rings. The van der Waals surface area contributed by atoms with Crippen LogP contribution in [0.15, 0.2) is 77.7 Å². The van der Waals surface area contributed by atoms with Crippen LogP contribution < -0.4 is 14.4 Å². The first-order valence-corrected chi connectivity index (χ1v) is 12.7. The minimum absolute atomic E-state index is 0.0647. The van der Waals surface area contributed by atoms with Gasteiger partial charge in [0, 0.05) is 6.54 Å². The molecule has 0 saturated carbocycles. The minimum Gasteiger partial charge on any atom is -0.497 e. The van der Waals surface area contributed by atoms with E-state index in [0.29, 0.717) is 29.4 Å². The van der Waals surface area contributed by atoms with Crippen LogP contribution in [0.25, 0.3) is 0 Å². The Morgan fingerprint density at radius 1 is 0.944 bits per heavy atom. The summed E-state index contributed by atoms with van der Waals surface area (Å²) in [6, 6.07) is 16.2. The summed E-state index contributed by atoms with van der Waals surface area (Å²) < 4.78 is 52.4. The molecule has 0 aliphatic carbocycles. The summed E-state index contributed by atoms with van der Waals surface area (Å²) in [5.41, 5.74) is 0.785. The fraction of sp³-hybridized carbons (Fsp3) is 0.231. The van der Waals surface area contributed by atoms with Gasteiger partial charge in [0.1, 0.15) is 23.4 Å². The van der Waals surface area contributed by atoms with Crippen LogP contribution in [-0.4, -0.2) is 44.3 Å². The number of benzene rings is 3. The summed E-state index contributed by atoms with van der Waals surface area (Å²) in [4.78, 5) is 27.3. The first kappa shape index (κ1) is 25.3. The van der Waals surface area contributed by atoms with Gasteiger partial charge in [-0.25, -0.2) is 17.7 Å². The number of rotatable bonds is 9. The third kappa shape index (κ3) is 5.09. The maximum absolute atomic E-state index is 13.7. The van der Waals surface area contributed by atoms with E-state index in [2.05, 4.69) is 0 Å². The molecule has 1 aliphatic heterocycles. The number of hydrogen-bond acceptors (Lipinski definition) is 6. The maximum atomic E-state index is 13.7. The van der Waals surface area contributed by atoms with Gasteiger partial charge < -0.3 is 9.47 Å². The molecule has 10 heteroatoms. The molecule has 4 rings (SSSR count). The van der Waals surface area contributed by atoms with Crippen molar-refractivity contribution in [3.8, 4) is 11.5 Å². The predicted octanol–water partition coefficient (Wildman–Crippen LogP) is 3.76. The number of anilines is 1. The zero-order valence-corrected chi connectivity index (χ0v) is 20.6. The van der Waals surface area contributed by atoms with Crippen molar-refractivity contribution < 1.29 is 31.9 Å². The van der Waals surface area contributed by atoms with Crippen molar-refractivity contribution in [2.75, 3.05) is 18.6 Å². The molecule has 1 saturated heterocycles. The SMILES string of the molecule is CCOc1ccc(N2C(=O)CC(N(Cc3ccc(F)cc3)S(=O)(=O)c3ccc(OC)cc3)C2=O)cc1. The Morgan fingerprint density at radius 3 is 2.14 bits per heavy atom. The largest absolute Gasteiger partial charge is 0.497 e. The zero-order chi connectivity index (χ0) is 25.9. The zero-order valence-electron chi connectivity index (χ0n) is 19.8. The first-order valence-electron chi connectivity index (χ1n) is 11.2. The van der Waals surface area contributed by atoms with E-state index in [1.54, 1.807) is 24.3 Å². The molecule has 0 aromatic heterocycles. The molecule has 0 spiro atoms. The standard InChI is InChI=1S/C26H25FN2O6S/c1-3-35-22-10-8-20(9-11-22)29-25(30)16-24(26(29)31)28(17-18-4-6-19(27)7-5-18)36(32,33)23-14-12-21(34-2)13-15-23/h4-15,24H,3,16-17H2,1-2H3. The van der Waals surface area contributed by atoms with Crippen LogP contribution in [-0.2, 0) is 26.2 Å². The Kier molecular flexibility index (Phi) is 7.37. The average molecular weight is 513 g/mol. The van der Waals surface area contributed by atoms with Crippen LogP contribution in [0.4, 0.5) is 10.1 Å². The molecule has 188 valence electrons. The summed E-state index contributed by atoms with van der Waals surface area (Å²) in [5.74, 6) is -0.617. The average Bonchev–Trinajstić information content (AvgIpc) is 3.17. The van der Waals surface area contributed by atoms with Crippen LogP contribution in [0.5, 0.6) is 11.5 Å². The van der Waals surface area contributed by atoms with Gasteiger partial charge in [0.15, 0.2) is 0 Å². The molecule has 8 nitrogen and oxygen atoms in total. The van der Waals surface area contributed by atoms with E-state index in [0.717, 1.165) is 9.21 Å². The molecule has 3 aromatic rings. The number of carbonyl (C=O) groups excluding carboxylic acids is 2. The van der Waals surface area contributed by atoms with Gasteiger partial charge in [-0.3, -0.25) is 9.59 Å². The molecule has 0 bridgehead atoms. The fourth-order valence-electron chi connectivity index (χ4n) is 3.99. The van der Waals surface area contributed by atoms with Gasteiger partial charge in [-0.05, 0) is 73.2 Å². The molecule has 1 unspecified atom stereocenters. The third-order valence-electron chi connectivity index (χ3n) is 5.79. The molecule has 1 fully saturated rings. The van der Waals surface area contributed by atoms with Crippen molar-refractivity contribution in [2.45, 2.75) is 30.8 Å². The number of nitrogens with zero attached hydrogens (tertiary/aromatic N) is 2. The van der Waals surface area contributed by atoms with Crippen molar-refractivity contribution in [1.82, 2.24) is 4.31 Å². The summed E-state index contributed by atoms with van der Waals surface area (Å²) in [6.07, 6.45) is -0.331. The molecule has 2 amide bonds. The third-order valence-corrected chi connectivity index (χ3v) is 7.66. The summed E-state index contributed by atoms with van der Waals surface area (Å²) >= 11 is 0. The van der Waals surface area contributed by atoms with E-state index in [1.807, 2.05) is 6.92 Å². The van der Waals surface area contributed by atoms with Crippen molar-refractivity contribution in [3.63, 3.8) is 0 Å². The second-order valence-corrected chi connectivity index (χ2v) is 9.96. The van der Waals surface area contributed by atoms with Gasteiger partial charge in [-0.15, -0.1) is 0 Å². The molecular formula is C26H25FN2O6S. The number of carbonyl (C=O) groups is 2. The van der Waals surface area contributed by atoms with Gasteiger partial charge >= 0.3 is 0 Å². The normalized spacial score (nSPS) is 16.0. The highest BCUT2D eigenvalue weighted by atomic mass is 32.2. The number of halogens is 1. The molecule has 1 heterocycles. The second kappa shape index (κ2) is 10.5. The van der Waals surface area contributed by atoms with E-state index in [1.165, 1.54) is 55.6 Å². The lowest BCUT2D eigenvalue weighted by Gasteiger charge is -2.27. The van der Waals surface area contributed by atoms with Crippen LogP contribution in [0, 0.1) is 5.82 Å². The number of ether oxygens (including phenoxy) is 2. The van der Waals surface area contributed by atoms with E-state index < -0.39 is 33.7 Å². The van der Waals surface area contributed by atoms with Crippen LogP contribution in [0.1, 0.15) is 18.9 Å². The van der Waals surface area contributed by atoms with E-state index >= 15 is 0 Å². The first-order chi connectivity index (χ1) is 17.2. The molecule has 36 heavy (non-hydrogen) atoms. The highest BCUT2D eigenvalue weighted by Crippen LogP contribution is 2.32. The Morgan fingerprint density at radius 2 is 1.56 bits per heavy atom. The quantitative estimate of drug-likeness (QED) is 0.406. The van der Waals surface area contributed by atoms with Crippen LogP contribution >= 0.6 is 0 Å². The monoisotopic (exact) mass is 512 g/mol. The highest BCUT2D eigenvalue weighted by molar-refractivity contribution is 7.89. The number of hydrogen-bond donors (Lipinski definition) is 0.